The lowest BCUT2D eigenvalue weighted by Crippen LogP contribution is -2.23. The number of rotatable bonds is 5. The Morgan fingerprint density at radius 3 is 2.23 bits per heavy atom. The minimum absolute atomic E-state index is 0.0782. The zero-order valence-electron chi connectivity index (χ0n) is 18.1. The third-order valence-electron chi connectivity index (χ3n) is 5.78. The number of nitrogens with one attached hydrogen (secondary N) is 2. The van der Waals surface area contributed by atoms with E-state index in [9.17, 15) is 13.2 Å². The standard InChI is InChI=1S/C24H28N2O4S/c1-24(2,3)16-12-14-18(15-13-16)31(28,29)26-22-21(25-17-8-4-5-9-17)19-10-6-7-11-20(19)30-23(22)27/h6-7,10-15,17,25-26H,4-5,8-9H2,1-3H3. The number of hydrogen-bond acceptors (Lipinski definition) is 5. The van der Waals surface area contributed by atoms with Crippen LogP contribution in [0, 0.1) is 0 Å². The van der Waals surface area contributed by atoms with Crippen molar-refractivity contribution in [3.8, 4) is 0 Å². The van der Waals surface area contributed by atoms with Gasteiger partial charge in [0.25, 0.3) is 10.0 Å². The van der Waals surface area contributed by atoms with Crippen LogP contribution in [0.1, 0.15) is 52.0 Å². The van der Waals surface area contributed by atoms with E-state index < -0.39 is 15.6 Å². The van der Waals surface area contributed by atoms with Gasteiger partial charge in [0.1, 0.15) is 5.58 Å². The Labute approximate surface area is 182 Å². The SMILES string of the molecule is CC(C)(C)c1ccc(S(=O)(=O)Nc2c(NC3CCCC3)c3ccccc3oc2=O)cc1. The lowest BCUT2D eigenvalue weighted by atomic mass is 9.87. The van der Waals surface area contributed by atoms with Gasteiger partial charge in [0, 0.05) is 11.4 Å². The van der Waals surface area contributed by atoms with Crippen molar-refractivity contribution in [2.45, 2.75) is 62.8 Å². The predicted molar refractivity (Wildman–Crippen MR) is 124 cm³/mol. The van der Waals surface area contributed by atoms with E-state index in [-0.39, 0.29) is 22.0 Å². The number of sulfonamides is 1. The third kappa shape index (κ3) is 4.46. The molecule has 0 bridgehead atoms. The minimum Gasteiger partial charge on any atom is -0.421 e. The van der Waals surface area contributed by atoms with Crippen molar-refractivity contribution < 1.29 is 12.8 Å². The molecule has 1 fully saturated rings. The molecule has 0 radical (unpaired) electrons. The molecule has 6 nitrogen and oxygen atoms in total. The maximum atomic E-state index is 13.1. The first-order chi connectivity index (χ1) is 14.6. The highest BCUT2D eigenvalue weighted by Crippen LogP contribution is 2.33. The summed E-state index contributed by atoms with van der Waals surface area (Å²) in [5.74, 6) is 0. The summed E-state index contributed by atoms with van der Waals surface area (Å²) in [5, 5.41) is 4.09. The number of para-hydroxylation sites is 1. The van der Waals surface area contributed by atoms with Crippen molar-refractivity contribution in [1.82, 2.24) is 0 Å². The van der Waals surface area contributed by atoms with Crippen LogP contribution in [0.15, 0.2) is 62.6 Å². The van der Waals surface area contributed by atoms with Crippen LogP contribution >= 0.6 is 0 Å². The Bertz CT molecular complexity index is 1250. The van der Waals surface area contributed by atoms with Gasteiger partial charge in [-0.15, -0.1) is 0 Å². The van der Waals surface area contributed by atoms with Crippen LogP contribution < -0.4 is 15.7 Å². The minimum atomic E-state index is -3.97. The maximum absolute atomic E-state index is 13.1. The van der Waals surface area contributed by atoms with Crippen LogP contribution in [0.5, 0.6) is 0 Å². The summed E-state index contributed by atoms with van der Waals surface area (Å²) in [4.78, 5) is 12.9. The van der Waals surface area contributed by atoms with E-state index in [0.717, 1.165) is 31.2 Å². The number of anilines is 2. The topological polar surface area (TPSA) is 88.4 Å². The summed E-state index contributed by atoms with van der Waals surface area (Å²) in [6, 6.07) is 14.1. The molecular formula is C24H28N2O4S. The number of benzene rings is 2. The van der Waals surface area contributed by atoms with Crippen molar-refractivity contribution in [2.24, 2.45) is 0 Å². The van der Waals surface area contributed by atoms with Gasteiger partial charge in [-0.25, -0.2) is 13.2 Å². The molecule has 2 N–H and O–H groups in total. The average Bonchev–Trinajstić information content (AvgIpc) is 3.23. The zero-order chi connectivity index (χ0) is 22.2. The molecular weight excluding hydrogens is 412 g/mol. The molecule has 3 aromatic rings. The van der Waals surface area contributed by atoms with E-state index in [0.29, 0.717) is 16.7 Å². The van der Waals surface area contributed by atoms with E-state index >= 15 is 0 Å². The van der Waals surface area contributed by atoms with Crippen LogP contribution in [-0.2, 0) is 15.4 Å². The second-order valence-electron chi connectivity index (χ2n) is 9.14. The second-order valence-corrected chi connectivity index (χ2v) is 10.8. The number of hydrogen-bond donors (Lipinski definition) is 2. The Balaban J connectivity index is 1.76. The molecule has 0 aliphatic heterocycles. The van der Waals surface area contributed by atoms with E-state index in [4.69, 9.17) is 4.42 Å². The Morgan fingerprint density at radius 2 is 1.58 bits per heavy atom. The molecule has 164 valence electrons. The largest absolute Gasteiger partial charge is 0.421 e. The molecule has 1 aliphatic carbocycles. The fraction of sp³-hybridized carbons (Fsp3) is 0.375. The third-order valence-corrected chi connectivity index (χ3v) is 7.15. The zero-order valence-corrected chi connectivity index (χ0v) is 18.9. The van der Waals surface area contributed by atoms with Crippen molar-refractivity contribution in [3.05, 3.63) is 64.5 Å². The first-order valence-electron chi connectivity index (χ1n) is 10.6. The molecule has 2 aromatic carbocycles. The molecule has 0 unspecified atom stereocenters. The molecule has 1 aromatic heterocycles. The molecule has 31 heavy (non-hydrogen) atoms. The smallest absolute Gasteiger partial charge is 0.363 e. The molecule has 1 saturated carbocycles. The van der Waals surface area contributed by atoms with Crippen LogP contribution in [-0.4, -0.2) is 14.5 Å². The van der Waals surface area contributed by atoms with Gasteiger partial charge < -0.3 is 9.73 Å². The fourth-order valence-corrected chi connectivity index (χ4v) is 5.06. The molecule has 7 heteroatoms. The summed E-state index contributed by atoms with van der Waals surface area (Å²) in [6.07, 6.45) is 4.18. The van der Waals surface area contributed by atoms with Crippen LogP contribution in [0.2, 0.25) is 0 Å². The molecule has 4 rings (SSSR count). The highest BCUT2D eigenvalue weighted by molar-refractivity contribution is 7.92. The molecule has 0 atom stereocenters. The van der Waals surface area contributed by atoms with E-state index in [1.54, 1.807) is 36.4 Å². The van der Waals surface area contributed by atoms with Crippen LogP contribution in [0.3, 0.4) is 0 Å². The van der Waals surface area contributed by atoms with Gasteiger partial charge in [0.2, 0.25) is 0 Å². The highest BCUT2D eigenvalue weighted by Gasteiger charge is 2.25. The number of fused-ring (bicyclic) bond motifs is 1. The molecule has 1 heterocycles. The van der Waals surface area contributed by atoms with Gasteiger partial charge in [-0.05, 0) is 48.1 Å². The lowest BCUT2D eigenvalue weighted by Gasteiger charge is -2.20. The summed E-state index contributed by atoms with van der Waals surface area (Å²) in [6.45, 7) is 6.20. The van der Waals surface area contributed by atoms with Crippen molar-refractivity contribution in [3.63, 3.8) is 0 Å². The molecule has 0 spiro atoms. The van der Waals surface area contributed by atoms with E-state index in [1.807, 2.05) is 12.1 Å². The predicted octanol–water partition coefficient (Wildman–Crippen LogP) is 5.25. The first-order valence-corrected chi connectivity index (χ1v) is 12.1. The van der Waals surface area contributed by atoms with Gasteiger partial charge in [-0.1, -0.05) is 57.9 Å². The molecule has 0 saturated heterocycles. The Kier molecular flexibility index (Phi) is 5.56. The van der Waals surface area contributed by atoms with E-state index in [1.165, 1.54) is 0 Å². The fourth-order valence-electron chi connectivity index (χ4n) is 3.99. The van der Waals surface area contributed by atoms with Gasteiger partial charge in [-0.2, -0.15) is 0 Å². The lowest BCUT2D eigenvalue weighted by molar-refractivity contribution is 0.562. The quantitative estimate of drug-likeness (QED) is 0.529. The summed E-state index contributed by atoms with van der Waals surface area (Å²) < 4.78 is 34.2. The molecule has 1 aliphatic rings. The van der Waals surface area contributed by atoms with Crippen LogP contribution in [0.25, 0.3) is 11.0 Å². The summed E-state index contributed by atoms with van der Waals surface area (Å²) in [5.41, 5.74) is 1.05. The van der Waals surface area contributed by atoms with E-state index in [2.05, 4.69) is 30.8 Å². The van der Waals surface area contributed by atoms with Gasteiger partial charge >= 0.3 is 5.63 Å². The average molecular weight is 441 g/mol. The monoisotopic (exact) mass is 440 g/mol. The Hall–Kier alpha value is -2.80. The summed E-state index contributed by atoms with van der Waals surface area (Å²) >= 11 is 0. The first kappa shape index (κ1) is 21.4. The normalized spacial score (nSPS) is 15.3. The second kappa shape index (κ2) is 8.04. The summed E-state index contributed by atoms with van der Waals surface area (Å²) in [7, 11) is -3.97. The van der Waals surface area contributed by atoms with Crippen molar-refractivity contribution in [2.75, 3.05) is 10.0 Å². The van der Waals surface area contributed by atoms with Gasteiger partial charge in [0.05, 0.1) is 10.6 Å². The maximum Gasteiger partial charge on any atom is 0.363 e. The van der Waals surface area contributed by atoms with Crippen molar-refractivity contribution in [1.29, 1.82) is 0 Å². The Morgan fingerprint density at radius 1 is 0.935 bits per heavy atom. The van der Waals surface area contributed by atoms with Crippen molar-refractivity contribution >= 4 is 32.4 Å². The van der Waals surface area contributed by atoms with Crippen LogP contribution in [0.4, 0.5) is 11.4 Å². The van der Waals surface area contributed by atoms with Gasteiger partial charge in [-0.3, -0.25) is 4.72 Å². The van der Waals surface area contributed by atoms with Gasteiger partial charge in [0.15, 0.2) is 5.69 Å². The highest BCUT2D eigenvalue weighted by atomic mass is 32.2. The molecule has 0 amide bonds.